The van der Waals surface area contributed by atoms with Crippen LogP contribution in [0, 0.1) is 5.92 Å². The third-order valence-corrected chi connectivity index (χ3v) is 4.05. The Morgan fingerprint density at radius 3 is 2.28 bits per heavy atom. The van der Waals surface area contributed by atoms with E-state index in [2.05, 4.69) is 48.3 Å². The minimum absolute atomic E-state index is 0.944. The molecule has 2 heteroatoms. The van der Waals surface area contributed by atoms with E-state index in [0.717, 1.165) is 25.6 Å². The van der Waals surface area contributed by atoms with Gasteiger partial charge in [-0.1, -0.05) is 18.6 Å². The van der Waals surface area contributed by atoms with Gasteiger partial charge in [0, 0.05) is 25.3 Å². The normalized spacial score (nSPS) is 15.4. The zero-order valence-corrected chi connectivity index (χ0v) is 11.8. The maximum Gasteiger partial charge on any atom is 0.0366 e. The first-order chi connectivity index (χ1) is 8.83. The van der Waals surface area contributed by atoms with Crippen LogP contribution in [0.4, 0.5) is 5.69 Å². The van der Waals surface area contributed by atoms with E-state index in [1.54, 1.807) is 0 Å². The molecule has 0 bridgehead atoms. The van der Waals surface area contributed by atoms with Gasteiger partial charge in [0.05, 0.1) is 0 Å². The lowest BCUT2D eigenvalue weighted by Gasteiger charge is -2.25. The van der Waals surface area contributed by atoms with Crippen molar-refractivity contribution >= 4 is 5.69 Å². The minimum atomic E-state index is 0.944. The number of nitrogens with zero attached hydrogens (tertiary/aromatic N) is 1. The van der Waals surface area contributed by atoms with Gasteiger partial charge in [0.2, 0.25) is 0 Å². The Bertz CT molecular complexity index is 337. The van der Waals surface area contributed by atoms with Crippen LogP contribution in [0.25, 0.3) is 0 Å². The molecule has 100 valence electrons. The predicted octanol–water partition coefficient (Wildman–Crippen LogP) is 3.42. The molecule has 0 saturated heterocycles. The van der Waals surface area contributed by atoms with Gasteiger partial charge >= 0.3 is 0 Å². The van der Waals surface area contributed by atoms with Crippen molar-refractivity contribution in [2.45, 2.75) is 39.7 Å². The predicted molar refractivity (Wildman–Crippen MR) is 79.1 cm³/mol. The van der Waals surface area contributed by atoms with Gasteiger partial charge in [-0.2, -0.15) is 0 Å². The summed E-state index contributed by atoms with van der Waals surface area (Å²) in [7, 11) is 0. The summed E-state index contributed by atoms with van der Waals surface area (Å²) in [4.78, 5) is 2.38. The van der Waals surface area contributed by atoms with Crippen LogP contribution in [-0.2, 0) is 6.54 Å². The van der Waals surface area contributed by atoms with E-state index >= 15 is 0 Å². The van der Waals surface area contributed by atoms with E-state index in [9.17, 15) is 0 Å². The number of rotatable bonds is 7. The molecule has 1 aromatic rings. The summed E-state index contributed by atoms with van der Waals surface area (Å²) in [6.07, 6.45) is 4.28. The molecule has 0 heterocycles. The van der Waals surface area contributed by atoms with Gasteiger partial charge in [-0.3, -0.25) is 0 Å². The second-order valence-electron chi connectivity index (χ2n) is 5.27. The average Bonchev–Trinajstić information content (AvgIpc) is 2.35. The molecule has 2 rings (SSSR count). The summed E-state index contributed by atoms with van der Waals surface area (Å²) >= 11 is 0. The third kappa shape index (κ3) is 3.49. The summed E-state index contributed by atoms with van der Waals surface area (Å²) < 4.78 is 0. The molecule has 0 radical (unpaired) electrons. The summed E-state index contributed by atoms with van der Waals surface area (Å²) in [5.74, 6) is 0.944. The highest BCUT2D eigenvalue weighted by molar-refractivity contribution is 5.47. The summed E-state index contributed by atoms with van der Waals surface area (Å²) in [5.41, 5.74) is 2.73. The highest BCUT2D eigenvalue weighted by Crippen LogP contribution is 2.25. The van der Waals surface area contributed by atoms with Crippen molar-refractivity contribution in [3.8, 4) is 0 Å². The Labute approximate surface area is 111 Å². The molecule has 1 aliphatic rings. The van der Waals surface area contributed by atoms with Crippen molar-refractivity contribution in [1.82, 2.24) is 5.32 Å². The number of nitrogens with one attached hydrogen (secondary N) is 1. The van der Waals surface area contributed by atoms with Crippen LogP contribution in [0.2, 0.25) is 0 Å². The molecule has 0 aliphatic heterocycles. The van der Waals surface area contributed by atoms with Crippen LogP contribution in [-0.4, -0.2) is 19.6 Å². The first-order valence-corrected chi connectivity index (χ1v) is 7.38. The molecule has 0 aromatic heterocycles. The highest BCUT2D eigenvalue weighted by atomic mass is 15.1. The van der Waals surface area contributed by atoms with Crippen LogP contribution in [0.5, 0.6) is 0 Å². The Hall–Kier alpha value is -1.02. The average molecular weight is 246 g/mol. The molecule has 0 unspecified atom stereocenters. The number of anilines is 1. The molecular weight excluding hydrogens is 220 g/mol. The first kappa shape index (κ1) is 13.4. The molecule has 1 saturated carbocycles. The molecule has 0 spiro atoms. The maximum absolute atomic E-state index is 3.57. The number of hydrogen-bond donors (Lipinski definition) is 1. The monoisotopic (exact) mass is 246 g/mol. The smallest absolute Gasteiger partial charge is 0.0366 e. The van der Waals surface area contributed by atoms with Crippen molar-refractivity contribution in [3.05, 3.63) is 29.8 Å². The Kier molecular flexibility index (Phi) is 5.06. The fourth-order valence-electron chi connectivity index (χ4n) is 2.53. The SMILES string of the molecule is CCN(CC)c1ccc(CNCC2CCC2)cc1. The zero-order valence-electron chi connectivity index (χ0n) is 11.8. The second-order valence-corrected chi connectivity index (χ2v) is 5.27. The van der Waals surface area contributed by atoms with Gasteiger partial charge in [0.15, 0.2) is 0 Å². The fraction of sp³-hybridized carbons (Fsp3) is 0.625. The molecule has 0 amide bonds. The Balaban J connectivity index is 1.79. The van der Waals surface area contributed by atoms with Crippen LogP contribution in [0.3, 0.4) is 0 Å². The number of benzene rings is 1. The van der Waals surface area contributed by atoms with Crippen LogP contribution in [0.15, 0.2) is 24.3 Å². The van der Waals surface area contributed by atoms with Gasteiger partial charge in [0.25, 0.3) is 0 Å². The topological polar surface area (TPSA) is 15.3 Å². The van der Waals surface area contributed by atoms with Crippen LogP contribution >= 0.6 is 0 Å². The van der Waals surface area contributed by atoms with Crippen molar-refractivity contribution in [3.63, 3.8) is 0 Å². The molecule has 18 heavy (non-hydrogen) atoms. The lowest BCUT2D eigenvalue weighted by atomic mass is 9.85. The van der Waals surface area contributed by atoms with Gasteiger partial charge < -0.3 is 10.2 Å². The van der Waals surface area contributed by atoms with Crippen molar-refractivity contribution in [2.24, 2.45) is 5.92 Å². The molecule has 1 aliphatic carbocycles. The van der Waals surface area contributed by atoms with E-state index in [1.807, 2.05) is 0 Å². The summed E-state index contributed by atoms with van der Waals surface area (Å²) in [6, 6.07) is 8.99. The molecule has 1 aromatic carbocycles. The van der Waals surface area contributed by atoms with E-state index in [1.165, 1.54) is 37.1 Å². The first-order valence-electron chi connectivity index (χ1n) is 7.38. The standard InChI is InChI=1S/C16H26N2/c1-3-18(4-2)16-10-8-15(9-11-16)13-17-12-14-6-5-7-14/h8-11,14,17H,3-7,12-13H2,1-2H3. The fourth-order valence-corrected chi connectivity index (χ4v) is 2.53. The Morgan fingerprint density at radius 2 is 1.78 bits per heavy atom. The summed E-state index contributed by atoms with van der Waals surface area (Å²) in [5, 5.41) is 3.57. The molecule has 0 atom stereocenters. The lowest BCUT2D eigenvalue weighted by Crippen LogP contribution is -2.27. The van der Waals surface area contributed by atoms with Crippen LogP contribution in [0.1, 0.15) is 38.7 Å². The van der Waals surface area contributed by atoms with E-state index in [0.29, 0.717) is 0 Å². The van der Waals surface area contributed by atoms with Crippen LogP contribution < -0.4 is 10.2 Å². The molecule has 2 nitrogen and oxygen atoms in total. The lowest BCUT2D eigenvalue weighted by molar-refractivity contribution is 0.301. The third-order valence-electron chi connectivity index (χ3n) is 4.05. The summed E-state index contributed by atoms with van der Waals surface area (Å²) in [6.45, 7) is 8.77. The van der Waals surface area contributed by atoms with Crippen molar-refractivity contribution in [1.29, 1.82) is 0 Å². The van der Waals surface area contributed by atoms with E-state index in [-0.39, 0.29) is 0 Å². The quantitative estimate of drug-likeness (QED) is 0.793. The second kappa shape index (κ2) is 6.79. The minimum Gasteiger partial charge on any atom is -0.372 e. The molecule has 1 fully saturated rings. The van der Waals surface area contributed by atoms with Crippen molar-refractivity contribution < 1.29 is 0 Å². The maximum atomic E-state index is 3.57. The van der Waals surface area contributed by atoms with E-state index in [4.69, 9.17) is 0 Å². The van der Waals surface area contributed by atoms with Gasteiger partial charge in [-0.15, -0.1) is 0 Å². The van der Waals surface area contributed by atoms with E-state index < -0.39 is 0 Å². The van der Waals surface area contributed by atoms with Gasteiger partial charge in [0.1, 0.15) is 0 Å². The Morgan fingerprint density at radius 1 is 1.11 bits per heavy atom. The highest BCUT2D eigenvalue weighted by Gasteiger charge is 2.16. The number of hydrogen-bond acceptors (Lipinski definition) is 2. The zero-order chi connectivity index (χ0) is 12.8. The molecular formula is C16H26N2. The largest absolute Gasteiger partial charge is 0.372 e. The molecule has 1 N–H and O–H groups in total. The van der Waals surface area contributed by atoms with Gasteiger partial charge in [-0.25, -0.2) is 0 Å². The van der Waals surface area contributed by atoms with Gasteiger partial charge in [-0.05, 0) is 56.8 Å². The van der Waals surface area contributed by atoms with Crippen molar-refractivity contribution in [2.75, 3.05) is 24.5 Å².